The van der Waals surface area contributed by atoms with Gasteiger partial charge in [0.2, 0.25) is 5.91 Å². The van der Waals surface area contributed by atoms with Crippen LogP contribution in [0.4, 0.5) is 13.2 Å². The molecule has 2 fully saturated rings. The van der Waals surface area contributed by atoms with E-state index in [1.54, 1.807) is 10.9 Å². The van der Waals surface area contributed by atoms with Crippen molar-refractivity contribution in [3.63, 3.8) is 0 Å². The van der Waals surface area contributed by atoms with Crippen LogP contribution in [0.3, 0.4) is 0 Å². The highest BCUT2D eigenvalue weighted by atomic mass is 19.4. The molecule has 0 N–H and O–H groups in total. The summed E-state index contributed by atoms with van der Waals surface area (Å²) in [5, 5.41) is 4.37. The molecule has 1 aromatic rings. The van der Waals surface area contributed by atoms with Crippen molar-refractivity contribution >= 4 is 11.8 Å². The van der Waals surface area contributed by atoms with E-state index in [9.17, 15) is 22.8 Å². The quantitative estimate of drug-likeness (QED) is 0.782. The van der Waals surface area contributed by atoms with E-state index >= 15 is 0 Å². The van der Waals surface area contributed by atoms with Crippen LogP contribution in [0.15, 0.2) is 6.20 Å². The van der Waals surface area contributed by atoms with Crippen LogP contribution in [0.5, 0.6) is 0 Å². The first-order valence-electron chi connectivity index (χ1n) is 9.39. The Morgan fingerprint density at radius 2 is 2.04 bits per heavy atom. The number of rotatable bonds is 5. The van der Waals surface area contributed by atoms with Crippen LogP contribution in [-0.4, -0.2) is 63.2 Å². The van der Waals surface area contributed by atoms with Crippen LogP contribution in [0.2, 0.25) is 0 Å². The highest BCUT2D eigenvalue weighted by Gasteiger charge is 2.46. The smallest absolute Gasteiger partial charge is 0.342 e. The lowest BCUT2D eigenvalue weighted by atomic mass is 9.82. The average Bonchev–Trinajstić information content (AvgIpc) is 2.93. The monoisotopic (exact) mass is 386 g/mol. The molecule has 2 aliphatic heterocycles. The Morgan fingerprint density at radius 3 is 2.67 bits per heavy atom. The number of nitrogens with zero attached hydrogens (tertiary/aromatic N) is 4. The normalized spacial score (nSPS) is 22.4. The molecule has 9 heteroatoms. The Labute approximate surface area is 156 Å². The molecule has 2 amide bonds. The Balaban J connectivity index is 1.55. The van der Waals surface area contributed by atoms with Gasteiger partial charge in [-0.25, -0.2) is 0 Å². The van der Waals surface area contributed by atoms with Gasteiger partial charge in [0.25, 0.3) is 5.91 Å². The molecule has 0 bridgehead atoms. The molecule has 0 radical (unpaired) electrons. The van der Waals surface area contributed by atoms with Gasteiger partial charge in [-0.2, -0.15) is 18.3 Å². The van der Waals surface area contributed by atoms with Crippen LogP contribution in [0, 0.1) is 12.8 Å². The number of carbonyl (C=O) groups excluding carboxylic acids is 2. The zero-order valence-corrected chi connectivity index (χ0v) is 15.6. The van der Waals surface area contributed by atoms with Crippen molar-refractivity contribution in [3.05, 3.63) is 17.5 Å². The highest BCUT2D eigenvalue weighted by molar-refractivity contribution is 5.96. The zero-order chi connectivity index (χ0) is 19.8. The summed E-state index contributed by atoms with van der Waals surface area (Å²) in [7, 11) is 0. The maximum absolute atomic E-state index is 12.8. The number of hydrogen-bond acceptors (Lipinski definition) is 3. The molecular formula is C18H25F3N4O2. The van der Waals surface area contributed by atoms with Crippen molar-refractivity contribution in [2.45, 2.75) is 58.3 Å². The SMILES string of the molecule is CCCn1cc(C(=O)N2C[C@@H]3CN(C(=O)CCC(F)(F)F)CC[C@@H]32)c(C)n1. The molecule has 0 unspecified atom stereocenters. The van der Waals surface area contributed by atoms with E-state index in [2.05, 4.69) is 5.10 Å². The number of hydrogen-bond donors (Lipinski definition) is 0. The molecule has 3 rings (SSSR count). The van der Waals surface area contributed by atoms with Crippen LogP contribution in [-0.2, 0) is 11.3 Å². The third-order valence-electron chi connectivity index (χ3n) is 5.39. The van der Waals surface area contributed by atoms with Crippen molar-refractivity contribution < 1.29 is 22.8 Å². The summed E-state index contributed by atoms with van der Waals surface area (Å²) < 4.78 is 38.7. The minimum absolute atomic E-state index is 0.0482. The van der Waals surface area contributed by atoms with Gasteiger partial charge in [0.1, 0.15) is 0 Å². The van der Waals surface area contributed by atoms with Crippen molar-refractivity contribution in [2.75, 3.05) is 19.6 Å². The predicted molar refractivity (Wildman–Crippen MR) is 92.1 cm³/mol. The first-order valence-corrected chi connectivity index (χ1v) is 9.39. The number of amides is 2. The first-order chi connectivity index (χ1) is 12.7. The first kappa shape index (κ1) is 19.7. The number of aryl methyl sites for hydroxylation is 2. The van der Waals surface area contributed by atoms with E-state index in [1.807, 2.05) is 18.7 Å². The van der Waals surface area contributed by atoms with Gasteiger partial charge in [-0.05, 0) is 19.8 Å². The number of alkyl halides is 3. The van der Waals surface area contributed by atoms with Gasteiger partial charge < -0.3 is 9.80 Å². The van der Waals surface area contributed by atoms with Gasteiger partial charge in [0.05, 0.1) is 17.7 Å². The number of likely N-dealkylation sites (tertiary alicyclic amines) is 2. The van der Waals surface area contributed by atoms with Crippen LogP contribution in [0.25, 0.3) is 0 Å². The summed E-state index contributed by atoms with van der Waals surface area (Å²) in [6.45, 7) is 5.98. The van der Waals surface area contributed by atoms with Crippen LogP contribution >= 0.6 is 0 Å². The van der Waals surface area contributed by atoms with Crippen molar-refractivity contribution in [1.29, 1.82) is 0 Å². The van der Waals surface area contributed by atoms with E-state index in [-0.39, 0.29) is 17.9 Å². The second-order valence-electron chi connectivity index (χ2n) is 7.42. The molecule has 6 nitrogen and oxygen atoms in total. The van der Waals surface area contributed by atoms with E-state index in [0.29, 0.717) is 37.3 Å². The molecule has 150 valence electrons. The molecule has 2 aliphatic rings. The number of aromatic nitrogens is 2. The Bertz CT molecular complexity index is 716. The van der Waals surface area contributed by atoms with Crippen molar-refractivity contribution in [1.82, 2.24) is 19.6 Å². The Hall–Kier alpha value is -2.06. The standard InChI is InChI=1S/C18H25F3N4O2/c1-3-7-24-11-14(12(2)22-24)17(27)25-10-13-9-23(8-5-15(13)25)16(26)4-6-18(19,20)21/h11,13,15H,3-10H2,1-2H3/t13-,15-/m0/s1. The topological polar surface area (TPSA) is 58.4 Å². The fraction of sp³-hybridized carbons (Fsp3) is 0.722. The van der Waals surface area contributed by atoms with Gasteiger partial charge >= 0.3 is 6.18 Å². The van der Waals surface area contributed by atoms with Crippen LogP contribution in [0.1, 0.15) is 48.7 Å². The molecule has 3 heterocycles. The largest absolute Gasteiger partial charge is 0.389 e. The number of carbonyl (C=O) groups is 2. The lowest BCUT2D eigenvalue weighted by molar-refractivity contribution is -0.152. The summed E-state index contributed by atoms with van der Waals surface area (Å²) in [6, 6.07) is 0.0538. The fourth-order valence-corrected chi connectivity index (χ4v) is 3.95. The van der Waals surface area contributed by atoms with Crippen LogP contribution < -0.4 is 0 Å². The summed E-state index contributed by atoms with van der Waals surface area (Å²) in [5.41, 5.74) is 1.31. The van der Waals surface area contributed by atoms with E-state index in [0.717, 1.165) is 13.0 Å². The fourth-order valence-electron chi connectivity index (χ4n) is 3.95. The van der Waals surface area contributed by atoms with Gasteiger partial charge in [-0.3, -0.25) is 14.3 Å². The van der Waals surface area contributed by atoms with Gasteiger partial charge in [-0.1, -0.05) is 6.92 Å². The maximum atomic E-state index is 12.8. The second kappa shape index (κ2) is 7.52. The Morgan fingerprint density at radius 1 is 1.30 bits per heavy atom. The minimum Gasteiger partial charge on any atom is -0.342 e. The number of fused-ring (bicyclic) bond motifs is 1. The van der Waals surface area contributed by atoms with Gasteiger partial charge in [0.15, 0.2) is 0 Å². The summed E-state index contributed by atoms with van der Waals surface area (Å²) >= 11 is 0. The molecule has 2 atom stereocenters. The molecule has 0 aromatic carbocycles. The van der Waals surface area contributed by atoms with Gasteiger partial charge in [-0.15, -0.1) is 0 Å². The van der Waals surface area contributed by atoms with Gasteiger partial charge in [0, 0.05) is 50.8 Å². The van der Waals surface area contributed by atoms with Crippen molar-refractivity contribution in [2.24, 2.45) is 5.92 Å². The average molecular weight is 386 g/mol. The van der Waals surface area contributed by atoms with Crippen molar-refractivity contribution in [3.8, 4) is 0 Å². The highest BCUT2D eigenvalue weighted by Crippen LogP contribution is 2.34. The third-order valence-corrected chi connectivity index (χ3v) is 5.39. The molecule has 2 saturated heterocycles. The minimum atomic E-state index is -4.31. The lowest BCUT2D eigenvalue weighted by Crippen LogP contribution is -2.65. The lowest BCUT2D eigenvalue weighted by Gasteiger charge is -2.53. The second-order valence-corrected chi connectivity index (χ2v) is 7.42. The molecule has 0 aliphatic carbocycles. The summed E-state index contributed by atoms with van der Waals surface area (Å²) in [4.78, 5) is 28.1. The van der Waals surface area contributed by atoms with E-state index in [1.165, 1.54) is 4.90 Å². The molecule has 0 spiro atoms. The Kier molecular flexibility index (Phi) is 5.48. The number of piperidine rings is 1. The molecule has 1 aromatic heterocycles. The zero-order valence-electron chi connectivity index (χ0n) is 15.6. The molecule has 0 saturated carbocycles. The molecular weight excluding hydrogens is 361 g/mol. The summed E-state index contributed by atoms with van der Waals surface area (Å²) in [5.74, 6) is -0.358. The maximum Gasteiger partial charge on any atom is 0.389 e. The predicted octanol–water partition coefficient (Wildman–Crippen LogP) is 2.62. The molecule has 27 heavy (non-hydrogen) atoms. The van der Waals surface area contributed by atoms with E-state index in [4.69, 9.17) is 0 Å². The summed E-state index contributed by atoms with van der Waals surface area (Å²) in [6.07, 6.45) is -2.57. The number of halogens is 3. The van der Waals surface area contributed by atoms with E-state index < -0.39 is 24.9 Å². The third kappa shape index (κ3) is 4.27.